The van der Waals surface area contributed by atoms with E-state index in [2.05, 4.69) is 20.7 Å². The molecular weight excluding hydrogens is 390 g/mol. The number of hydrogen-bond donors (Lipinski definition) is 2. The topological polar surface area (TPSA) is 132 Å². The summed E-state index contributed by atoms with van der Waals surface area (Å²) in [5.41, 5.74) is 5.22. The molecule has 0 unspecified atom stereocenters. The Kier molecular flexibility index (Phi) is 6.38. The standard InChI is InChI=1S/C20H19N5O5/c1-29-17-8-5-14(10-18(17)30-2)20-15(12-22-24-20)11-21-23-19(26)9-13-3-6-16(7-4-13)25(27)28/h3-8,10-12H,9H2,1-2H3,(H,22,24)(H,23,26). The fourth-order valence-electron chi connectivity index (χ4n) is 2.75. The van der Waals surface area contributed by atoms with Gasteiger partial charge in [0.05, 0.1) is 43.7 Å². The van der Waals surface area contributed by atoms with E-state index in [1.165, 1.54) is 30.5 Å². The maximum atomic E-state index is 12.1. The maximum absolute atomic E-state index is 12.1. The Morgan fingerprint density at radius 2 is 1.93 bits per heavy atom. The van der Waals surface area contributed by atoms with Gasteiger partial charge in [0.2, 0.25) is 5.91 Å². The molecule has 10 heteroatoms. The highest BCUT2D eigenvalue weighted by Crippen LogP contribution is 2.32. The third-order valence-electron chi connectivity index (χ3n) is 4.25. The van der Waals surface area contributed by atoms with E-state index in [-0.39, 0.29) is 18.0 Å². The van der Waals surface area contributed by atoms with Crippen LogP contribution in [0.5, 0.6) is 11.5 Å². The van der Waals surface area contributed by atoms with E-state index in [0.717, 1.165) is 5.56 Å². The summed E-state index contributed by atoms with van der Waals surface area (Å²) in [4.78, 5) is 22.2. The summed E-state index contributed by atoms with van der Waals surface area (Å²) in [6, 6.07) is 11.2. The molecular formula is C20H19N5O5. The van der Waals surface area contributed by atoms with Gasteiger partial charge in [0, 0.05) is 23.3 Å². The number of benzene rings is 2. The maximum Gasteiger partial charge on any atom is 0.269 e. The summed E-state index contributed by atoms with van der Waals surface area (Å²) in [5.74, 6) is 0.828. The van der Waals surface area contributed by atoms with Crippen LogP contribution in [0.1, 0.15) is 11.1 Å². The van der Waals surface area contributed by atoms with Crippen LogP contribution in [0.15, 0.2) is 53.8 Å². The Morgan fingerprint density at radius 3 is 2.60 bits per heavy atom. The van der Waals surface area contributed by atoms with Crippen molar-refractivity contribution in [1.29, 1.82) is 0 Å². The van der Waals surface area contributed by atoms with E-state index in [0.29, 0.717) is 28.3 Å². The van der Waals surface area contributed by atoms with Crippen LogP contribution in [0.2, 0.25) is 0 Å². The first-order chi connectivity index (χ1) is 14.5. The quantitative estimate of drug-likeness (QED) is 0.334. The first-order valence-corrected chi connectivity index (χ1v) is 8.83. The van der Waals surface area contributed by atoms with Gasteiger partial charge < -0.3 is 9.47 Å². The van der Waals surface area contributed by atoms with Crippen molar-refractivity contribution in [3.8, 4) is 22.8 Å². The number of aromatic amines is 1. The van der Waals surface area contributed by atoms with Gasteiger partial charge in [0.1, 0.15) is 0 Å². The Bertz CT molecular complexity index is 1080. The minimum Gasteiger partial charge on any atom is -0.493 e. The molecule has 0 saturated heterocycles. The van der Waals surface area contributed by atoms with Gasteiger partial charge in [-0.1, -0.05) is 12.1 Å². The monoisotopic (exact) mass is 409 g/mol. The molecule has 0 bridgehead atoms. The zero-order valence-corrected chi connectivity index (χ0v) is 16.3. The minimum absolute atomic E-state index is 0.0279. The molecule has 2 N–H and O–H groups in total. The Morgan fingerprint density at radius 1 is 1.20 bits per heavy atom. The van der Waals surface area contributed by atoms with Crippen molar-refractivity contribution in [2.24, 2.45) is 5.10 Å². The molecule has 154 valence electrons. The average molecular weight is 409 g/mol. The number of aromatic nitrogens is 2. The largest absolute Gasteiger partial charge is 0.493 e. The van der Waals surface area contributed by atoms with Gasteiger partial charge >= 0.3 is 0 Å². The fraction of sp³-hybridized carbons (Fsp3) is 0.150. The molecule has 0 aliphatic heterocycles. The lowest BCUT2D eigenvalue weighted by Gasteiger charge is -2.09. The Balaban J connectivity index is 1.66. The van der Waals surface area contributed by atoms with Gasteiger partial charge in [-0.3, -0.25) is 20.0 Å². The molecule has 3 aromatic rings. The highest BCUT2D eigenvalue weighted by molar-refractivity contribution is 5.89. The number of nitrogens with zero attached hydrogens (tertiary/aromatic N) is 3. The molecule has 10 nitrogen and oxygen atoms in total. The van der Waals surface area contributed by atoms with Crippen LogP contribution in [0, 0.1) is 10.1 Å². The number of non-ortho nitro benzene ring substituents is 1. The molecule has 0 radical (unpaired) electrons. The lowest BCUT2D eigenvalue weighted by molar-refractivity contribution is -0.384. The van der Waals surface area contributed by atoms with Gasteiger partial charge in [0.15, 0.2) is 11.5 Å². The van der Waals surface area contributed by atoms with Gasteiger partial charge in [-0.05, 0) is 23.8 Å². The number of carbonyl (C=O) groups excluding carboxylic acids is 1. The fourth-order valence-corrected chi connectivity index (χ4v) is 2.75. The minimum atomic E-state index is -0.491. The highest BCUT2D eigenvalue weighted by Gasteiger charge is 2.11. The van der Waals surface area contributed by atoms with Crippen molar-refractivity contribution in [2.75, 3.05) is 14.2 Å². The summed E-state index contributed by atoms with van der Waals surface area (Å²) in [6.07, 6.45) is 3.10. The third kappa shape index (κ3) is 4.79. The van der Waals surface area contributed by atoms with Crippen LogP contribution in [-0.4, -0.2) is 41.5 Å². The number of hydrazone groups is 1. The predicted molar refractivity (Wildman–Crippen MR) is 110 cm³/mol. The molecule has 1 aromatic heterocycles. The number of hydrogen-bond acceptors (Lipinski definition) is 7. The molecule has 1 amide bonds. The van der Waals surface area contributed by atoms with E-state index >= 15 is 0 Å². The van der Waals surface area contributed by atoms with Crippen molar-refractivity contribution in [3.05, 3.63) is 69.9 Å². The van der Waals surface area contributed by atoms with E-state index in [9.17, 15) is 14.9 Å². The Labute approximate surface area is 171 Å². The third-order valence-corrected chi connectivity index (χ3v) is 4.25. The van der Waals surface area contributed by atoms with E-state index in [1.807, 2.05) is 6.07 Å². The SMILES string of the molecule is COc1ccc(-c2[nH]ncc2C=NNC(=O)Cc2ccc([N+](=O)[O-])cc2)cc1OC. The number of carbonyl (C=O) groups is 1. The summed E-state index contributed by atoms with van der Waals surface area (Å²) in [6.45, 7) is 0. The highest BCUT2D eigenvalue weighted by atomic mass is 16.6. The van der Waals surface area contributed by atoms with E-state index in [4.69, 9.17) is 9.47 Å². The van der Waals surface area contributed by atoms with Crippen LogP contribution in [0.3, 0.4) is 0 Å². The number of rotatable bonds is 8. The Hall–Kier alpha value is -4.21. The smallest absolute Gasteiger partial charge is 0.269 e. The lowest BCUT2D eigenvalue weighted by atomic mass is 10.1. The summed E-state index contributed by atoms with van der Waals surface area (Å²) >= 11 is 0. The zero-order valence-electron chi connectivity index (χ0n) is 16.3. The van der Waals surface area contributed by atoms with Crippen LogP contribution < -0.4 is 14.9 Å². The molecule has 0 aliphatic carbocycles. The molecule has 0 saturated carbocycles. The zero-order chi connectivity index (χ0) is 21.5. The lowest BCUT2D eigenvalue weighted by Crippen LogP contribution is -2.19. The molecule has 2 aromatic carbocycles. The first kappa shape index (κ1) is 20.5. The normalized spacial score (nSPS) is 10.7. The number of nitrogens with one attached hydrogen (secondary N) is 2. The average Bonchev–Trinajstić information content (AvgIpc) is 3.22. The van der Waals surface area contributed by atoms with Crippen molar-refractivity contribution in [3.63, 3.8) is 0 Å². The van der Waals surface area contributed by atoms with Crippen LogP contribution in [0.25, 0.3) is 11.3 Å². The number of methoxy groups -OCH3 is 2. The second-order valence-electron chi connectivity index (χ2n) is 6.16. The molecule has 1 heterocycles. The van der Waals surface area contributed by atoms with Crippen molar-refractivity contribution < 1.29 is 19.2 Å². The second-order valence-corrected chi connectivity index (χ2v) is 6.16. The van der Waals surface area contributed by atoms with Crippen molar-refractivity contribution in [1.82, 2.24) is 15.6 Å². The van der Waals surface area contributed by atoms with Crippen LogP contribution >= 0.6 is 0 Å². The molecule has 30 heavy (non-hydrogen) atoms. The van der Waals surface area contributed by atoms with Crippen molar-refractivity contribution >= 4 is 17.8 Å². The molecule has 0 fully saturated rings. The van der Waals surface area contributed by atoms with E-state index < -0.39 is 4.92 Å². The number of ether oxygens (including phenoxy) is 2. The number of amides is 1. The van der Waals surface area contributed by atoms with Crippen LogP contribution in [-0.2, 0) is 11.2 Å². The van der Waals surface area contributed by atoms with Gasteiger partial charge in [-0.25, -0.2) is 5.43 Å². The predicted octanol–water partition coefficient (Wildman–Crippen LogP) is 2.69. The molecule has 3 rings (SSSR count). The van der Waals surface area contributed by atoms with Crippen LogP contribution in [0.4, 0.5) is 5.69 Å². The van der Waals surface area contributed by atoms with Crippen molar-refractivity contribution in [2.45, 2.75) is 6.42 Å². The van der Waals surface area contributed by atoms with Gasteiger partial charge in [-0.2, -0.15) is 10.2 Å². The molecule has 0 spiro atoms. The summed E-state index contributed by atoms with van der Waals surface area (Å²) in [5, 5.41) is 21.6. The molecule has 0 aliphatic rings. The van der Waals surface area contributed by atoms with Gasteiger partial charge in [0.25, 0.3) is 5.69 Å². The number of H-pyrrole nitrogens is 1. The second kappa shape index (κ2) is 9.32. The number of nitro groups is 1. The van der Waals surface area contributed by atoms with E-state index in [1.54, 1.807) is 32.5 Å². The van der Waals surface area contributed by atoms with Gasteiger partial charge in [-0.15, -0.1) is 0 Å². The first-order valence-electron chi connectivity index (χ1n) is 8.83. The number of nitro benzene ring substituents is 1. The molecule has 0 atom stereocenters. The summed E-state index contributed by atoms with van der Waals surface area (Å²) in [7, 11) is 3.11. The summed E-state index contributed by atoms with van der Waals surface area (Å²) < 4.78 is 10.6.